The maximum Gasteiger partial charge on any atom is 0.108 e. The van der Waals surface area contributed by atoms with E-state index in [0.717, 1.165) is 11.5 Å². The minimum atomic E-state index is -0.853. The van der Waals surface area contributed by atoms with Gasteiger partial charge in [0.25, 0.3) is 0 Å². The zero-order valence-corrected chi connectivity index (χ0v) is 5.44. The molecule has 1 unspecified atom stereocenters. The van der Waals surface area contributed by atoms with Crippen molar-refractivity contribution in [2.45, 2.75) is 6.42 Å². The molecule has 0 aliphatic carbocycles. The molecule has 0 saturated carbocycles. The van der Waals surface area contributed by atoms with Crippen LogP contribution in [0.15, 0.2) is 17.3 Å². The van der Waals surface area contributed by atoms with Gasteiger partial charge in [-0.05, 0) is 0 Å². The van der Waals surface area contributed by atoms with Crippen LogP contribution in [0.5, 0.6) is 0 Å². The third kappa shape index (κ3) is 1.04. The lowest BCUT2D eigenvalue weighted by molar-refractivity contribution is 0.693. The number of rotatable bonds is 0. The minimum Gasteiger partial charge on any atom is -0.253 e. The molecule has 0 aromatic carbocycles. The van der Waals surface area contributed by atoms with Crippen LogP contribution in [0.1, 0.15) is 6.42 Å². The number of hydrogen-bond acceptors (Lipinski definition) is 2. The van der Waals surface area contributed by atoms with Gasteiger partial charge in [0.1, 0.15) is 5.04 Å². The summed E-state index contributed by atoms with van der Waals surface area (Å²) in [5, 5.41) is 0.782. The molecular formula is C5H7NOS. The van der Waals surface area contributed by atoms with Crippen LogP contribution in [-0.2, 0) is 10.8 Å². The Bertz CT molecular complexity index is 171. The van der Waals surface area contributed by atoms with Crippen LogP contribution in [0.2, 0.25) is 0 Å². The van der Waals surface area contributed by atoms with Crippen LogP contribution in [0.4, 0.5) is 0 Å². The van der Waals surface area contributed by atoms with Gasteiger partial charge in [-0.15, -0.1) is 0 Å². The maximum atomic E-state index is 10.6. The van der Waals surface area contributed by atoms with E-state index in [2.05, 4.69) is 4.99 Å². The average Bonchev–Trinajstić information content (AvgIpc) is 2.12. The van der Waals surface area contributed by atoms with Crippen molar-refractivity contribution in [2.75, 3.05) is 6.26 Å². The molecule has 0 N–H and O–H groups in total. The van der Waals surface area contributed by atoms with Gasteiger partial charge in [0.2, 0.25) is 0 Å². The molecule has 2 nitrogen and oxygen atoms in total. The van der Waals surface area contributed by atoms with Gasteiger partial charge in [0, 0.05) is 18.9 Å². The van der Waals surface area contributed by atoms with Crippen molar-refractivity contribution in [3.8, 4) is 0 Å². The zero-order valence-electron chi connectivity index (χ0n) is 4.63. The van der Waals surface area contributed by atoms with E-state index in [1.807, 2.05) is 6.08 Å². The molecule has 0 saturated heterocycles. The first-order valence-corrected chi connectivity index (χ1v) is 3.91. The van der Waals surface area contributed by atoms with Crippen molar-refractivity contribution in [2.24, 2.45) is 4.99 Å². The Morgan fingerprint density at radius 2 is 2.62 bits per heavy atom. The molecule has 0 aromatic heterocycles. The SMILES string of the molecule is CS(=O)C1=NC=CC1. The molecular weight excluding hydrogens is 122 g/mol. The summed E-state index contributed by atoms with van der Waals surface area (Å²) >= 11 is 0. The lowest BCUT2D eigenvalue weighted by atomic mass is 10.5. The molecule has 0 bridgehead atoms. The largest absolute Gasteiger partial charge is 0.253 e. The molecule has 1 atom stereocenters. The highest BCUT2D eigenvalue weighted by molar-refractivity contribution is 8.00. The van der Waals surface area contributed by atoms with Crippen LogP contribution in [0, 0.1) is 0 Å². The van der Waals surface area contributed by atoms with Crippen molar-refractivity contribution in [3.05, 3.63) is 12.3 Å². The van der Waals surface area contributed by atoms with Crippen molar-refractivity contribution >= 4 is 15.8 Å². The van der Waals surface area contributed by atoms with Crippen LogP contribution in [-0.4, -0.2) is 15.5 Å². The number of aliphatic imine (C=N–C) groups is 1. The van der Waals surface area contributed by atoms with Gasteiger partial charge in [-0.3, -0.25) is 9.20 Å². The summed E-state index contributed by atoms with van der Waals surface area (Å²) < 4.78 is 10.6. The minimum absolute atomic E-state index is 0.767. The van der Waals surface area contributed by atoms with Crippen LogP contribution in [0.3, 0.4) is 0 Å². The first-order chi connectivity index (χ1) is 3.80. The number of hydrogen-bond donors (Lipinski definition) is 0. The molecule has 0 amide bonds. The summed E-state index contributed by atoms with van der Waals surface area (Å²) in [6.45, 7) is 0. The fourth-order valence-corrected chi connectivity index (χ4v) is 1.07. The lowest BCUT2D eigenvalue weighted by Crippen LogP contribution is -2.00. The van der Waals surface area contributed by atoms with Gasteiger partial charge in [0.05, 0.1) is 10.8 Å². The van der Waals surface area contributed by atoms with Crippen molar-refractivity contribution in [3.63, 3.8) is 0 Å². The molecule has 0 fully saturated rings. The average molecular weight is 129 g/mol. The fourth-order valence-electron chi connectivity index (χ4n) is 0.534. The van der Waals surface area contributed by atoms with Crippen LogP contribution < -0.4 is 0 Å². The number of allylic oxidation sites excluding steroid dienone is 1. The first-order valence-electron chi connectivity index (χ1n) is 2.36. The standard InChI is InChI=1S/C5H7NOS/c1-8(7)5-3-2-4-6-5/h2,4H,3H2,1H3. The first kappa shape index (κ1) is 5.69. The normalized spacial score (nSPS) is 20.9. The van der Waals surface area contributed by atoms with E-state index in [1.54, 1.807) is 12.5 Å². The third-order valence-corrected chi connectivity index (χ3v) is 1.88. The smallest absolute Gasteiger partial charge is 0.108 e. The van der Waals surface area contributed by atoms with Gasteiger partial charge in [-0.2, -0.15) is 0 Å². The Morgan fingerprint density at radius 3 is 2.88 bits per heavy atom. The molecule has 1 rings (SSSR count). The van der Waals surface area contributed by atoms with E-state index in [1.165, 1.54) is 0 Å². The van der Waals surface area contributed by atoms with Crippen LogP contribution >= 0.6 is 0 Å². The molecule has 0 radical (unpaired) electrons. The molecule has 0 spiro atoms. The lowest BCUT2D eigenvalue weighted by Gasteiger charge is -1.87. The molecule has 1 heterocycles. The van der Waals surface area contributed by atoms with Gasteiger partial charge in [0.15, 0.2) is 0 Å². The van der Waals surface area contributed by atoms with Crippen molar-refractivity contribution < 1.29 is 4.21 Å². The van der Waals surface area contributed by atoms with E-state index in [-0.39, 0.29) is 0 Å². The summed E-state index contributed by atoms with van der Waals surface area (Å²) in [5.41, 5.74) is 0. The quantitative estimate of drug-likeness (QED) is 0.473. The van der Waals surface area contributed by atoms with Gasteiger partial charge >= 0.3 is 0 Å². The van der Waals surface area contributed by atoms with E-state index >= 15 is 0 Å². The summed E-state index contributed by atoms with van der Waals surface area (Å²) in [6, 6.07) is 0. The summed E-state index contributed by atoms with van der Waals surface area (Å²) in [5.74, 6) is 0. The zero-order chi connectivity index (χ0) is 5.98. The Morgan fingerprint density at radius 1 is 1.88 bits per heavy atom. The second-order valence-corrected chi connectivity index (χ2v) is 2.95. The summed E-state index contributed by atoms with van der Waals surface area (Å²) in [4.78, 5) is 3.87. The monoisotopic (exact) mass is 129 g/mol. The summed E-state index contributed by atoms with van der Waals surface area (Å²) in [6.07, 6.45) is 6.00. The van der Waals surface area contributed by atoms with E-state index in [0.29, 0.717) is 0 Å². The topological polar surface area (TPSA) is 29.4 Å². The Labute approximate surface area is 50.8 Å². The maximum absolute atomic E-state index is 10.6. The van der Waals surface area contributed by atoms with Gasteiger partial charge < -0.3 is 0 Å². The van der Waals surface area contributed by atoms with Crippen molar-refractivity contribution in [1.82, 2.24) is 0 Å². The predicted molar refractivity (Wildman–Crippen MR) is 35.3 cm³/mol. The predicted octanol–water partition coefficient (Wildman–Crippen LogP) is 0.681. The molecule has 1 aliphatic heterocycles. The number of nitrogens with zero attached hydrogens (tertiary/aromatic N) is 1. The third-order valence-electron chi connectivity index (χ3n) is 0.948. The van der Waals surface area contributed by atoms with E-state index in [9.17, 15) is 4.21 Å². The second-order valence-electron chi connectivity index (χ2n) is 1.57. The molecule has 1 aliphatic rings. The van der Waals surface area contributed by atoms with Gasteiger partial charge in [-0.25, -0.2) is 0 Å². The Hall–Kier alpha value is -0.440. The van der Waals surface area contributed by atoms with E-state index < -0.39 is 10.8 Å². The van der Waals surface area contributed by atoms with Crippen LogP contribution in [0.25, 0.3) is 0 Å². The Balaban J connectivity index is 2.64. The van der Waals surface area contributed by atoms with Crippen molar-refractivity contribution in [1.29, 1.82) is 0 Å². The highest BCUT2D eigenvalue weighted by Crippen LogP contribution is 2.01. The van der Waals surface area contributed by atoms with Gasteiger partial charge in [-0.1, -0.05) is 6.08 Å². The highest BCUT2D eigenvalue weighted by Gasteiger charge is 2.03. The fraction of sp³-hybridized carbons (Fsp3) is 0.400. The second kappa shape index (κ2) is 2.22. The molecule has 8 heavy (non-hydrogen) atoms. The highest BCUT2D eigenvalue weighted by atomic mass is 32.2. The molecule has 3 heteroatoms. The molecule has 0 aromatic rings. The molecule has 44 valence electrons. The summed E-state index contributed by atoms with van der Waals surface area (Å²) in [7, 11) is -0.853. The Kier molecular flexibility index (Phi) is 1.58. The van der Waals surface area contributed by atoms with E-state index in [4.69, 9.17) is 0 Å².